The van der Waals surface area contributed by atoms with Crippen LogP contribution in [-0.2, 0) is 4.79 Å². The van der Waals surface area contributed by atoms with Crippen molar-refractivity contribution < 1.29 is 9.90 Å². The summed E-state index contributed by atoms with van der Waals surface area (Å²) in [6, 6.07) is 3.51. The molecule has 1 heterocycles. The molecule has 0 saturated heterocycles. The third-order valence-corrected chi connectivity index (χ3v) is 2.44. The molecule has 0 aromatic carbocycles. The highest BCUT2D eigenvalue weighted by atomic mass is 35.5. The number of carbonyl (C=O) groups is 1. The highest BCUT2D eigenvalue weighted by molar-refractivity contribution is 7.99. The molecule has 70 valence electrons. The second kappa shape index (κ2) is 5.09. The number of rotatable bonds is 4. The number of hydrogen-bond acceptors (Lipinski definition) is 3. The highest BCUT2D eigenvalue weighted by Gasteiger charge is 1.99. The van der Waals surface area contributed by atoms with Gasteiger partial charge in [-0.1, -0.05) is 11.6 Å². The predicted molar refractivity (Wildman–Crippen MR) is 52.2 cm³/mol. The van der Waals surface area contributed by atoms with Gasteiger partial charge in [0.05, 0.1) is 16.5 Å². The molecule has 5 heteroatoms. The first-order chi connectivity index (χ1) is 6.18. The minimum absolute atomic E-state index is 0.148. The molecule has 1 N–H and O–H groups in total. The van der Waals surface area contributed by atoms with Crippen LogP contribution in [0.3, 0.4) is 0 Å². The fourth-order valence-electron chi connectivity index (χ4n) is 0.691. The molecule has 0 fully saturated rings. The molecule has 13 heavy (non-hydrogen) atoms. The van der Waals surface area contributed by atoms with Crippen molar-refractivity contribution in [3.05, 3.63) is 23.4 Å². The Balaban J connectivity index is 2.37. The molecule has 0 saturated carbocycles. The first-order valence-corrected chi connectivity index (χ1v) is 5.01. The number of thioether (sulfide) groups is 1. The Hall–Kier alpha value is -0.740. The lowest BCUT2D eigenvalue weighted by atomic mass is 10.5. The van der Waals surface area contributed by atoms with Crippen molar-refractivity contribution in [1.82, 2.24) is 4.98 Å². The quantitative estimate of drug-likeness (QED) is 0.787. The molecule has 0 aliphatic rings. The first-order valence-electron chi connectivity index (χ1n) is 3.64. The SMILES string of the molecule is O=C(O)CCSc1ccc(Cl)cn1. The number of aliphatic carboxylic acids is 1. The van der Waals surface area contributed by atoms with E-state index in [0.29, 0.717) is 10.8 Å². The van der Waals surface area contributed by atoms with Crippen LogP contribution >= 0.6 is 23.4 Å². The van der Waals surface area contributed by atoms with E-state index < -0.39 is 5.97 Å². The van der Waals surface area contributed by atoms with Gasteiger partial charge in [0.1, 0.15) is 0 Å². The normalized spacial score (nSPS) is 9.92. The molecule has 1 rings (SSSR count). The summed E-state index contributed by atoms with van der Waals surface area (Å²) in [4.78, 5) is 14.2. The molecule has 1 aromatic heterocycles. The lowest BCUT2D eigenvalue weighted by molar-refractivity contribution is -0.136. The molecule has 0 spiro atoms. The van der Waals surface area contributed by atoms with Crippen molar-refractivity contribution in [3.8, 4) is 0 Å². The summed E-state index contributed by atoms with van der Waals surface area (Å²) in [5, 5.41) is 9.76. The Morgan fingerprint density at radius 1 is 1.62 bits per heavy atom. The van der Waals surface area contributed by atoms with E-state index in [1.807, 2.05) is 0 Å². The van der Waals surface area contributed by atoms with Crippen LogP contribution in [0.2, 0.25) is 5.02 Å². The van der Waals surface area contributed by atoms with Crippen molar-refractivity contribution in [2.45, 2.75) is 11.4 Å². The Morgan fingerprint density at radius 3 is 2.92 bits per heavy atom. The first kappa shape index (κ1) is 10.3. The molecular weight excluding hydrogens is 210 g/mol. The smallest absolute Gasteiger partial charge is 0.304 e. The summed E-state index contributed by atoms with van der Waals surface area (Å²) >= 11 is 7.04. The average molecular weight is 218 g/mol. The topological polar surface area (TPSA) is 50.2 Å². The van der Waals surface area contributed by atoms with Crippen LogP contribution < -0.4 is 0 Å². The van der Waals surface area contributed by atoms with Gasteiger partial charge in [-0.2, -0.15) is 0 Å². The Bertz CT molecular complexity index is 289. The van der Waals surface area contributed by atoms with Crippen molar-refractivity contribution in [2.24, 2.45) is 0 Å². The van der Waals surface area contributed by atoms with Crippen molar-refractivity contribution in [2.75, 3.05) is 5.75 Å². The Morgan fingerprint density at radius 2 is 2.38 bits per heavy atom. The Labute approximate surface area is 85.1 Å². The van der Waals surface area contributed by atoms with Gasteiger partial charge >= 0.3 is 5.97 Å². The third-order valence-electron chi connectivity index (χ3n) is 1.27. The van der Waals surface area contributed by atoms with Crippen molar-refractivity contribution in [3.63, 3.8) is 0 Å². The molecular formula is C8H8ClNO2S. The molecule has 0 atom stereocenters. The van der Waals surface area contributed by atoms with Gasteiger partial charge in [-0.15, -0.1) is 11.8 Å². The van der Waals surface area contributed by atoms with Crippen molar-refractivity contribution >= 4 is 29.3 Å². The fourth-order valence-corrected chi connectivity index (χ4v) is 1.58. The largest absolute Gasteiger partial charge is 0.481 e. The molecule has 0 unspecified atom stereocenters. The fraction of sp³-hybridized carbons (Fsp3) is 0.250. The van der Waals surface area contributed by atoms with Gasteiger partial charge in [-0.3, -0.25) is 4.79 Å². The number of hydrogen-bond donors (Lipinski definition) is 1. The second-order valence-corrected chi connectivity index (χ2v) is 3.86. The van der Waals surface area contributed by atoms with Crippen molar-refractivity contribution in [1.29, 1.82) is 0 Å². The van der Waals surface area contributed by atoms with Gasteiger partial charge in [0.2, 0.25) is 0 Å². The maximum atomic E-state index is 10.2. The highest BCUT2D eigenvalue weighted by Crippen LogP contribution is 2.17. The number of nitrogens with zero attached hydrogens (tertiary/aromatic N) is 1. The zero-order valence-corrected chi connectivity index (χ0v) is 8.31. The maximum absolute atomic E-state index is 10.2. The van der Waals surface area contributed by atoms with Crippen LogP contribution in [-0.4, -0.2) is 21.8 Å². The summed E-state index contributed by atoms with van der Waals surface area (Å²) in [6.45, 7) is 0. The van der Waals surface area contributed by atoms with Crippen LogP contribution in [0, 0.1) is 0 Å². The monoisotopic (exact) mass is 217 g/mol. The zero-order chi connectivity index (χ0) is 9.68. The molecule has 0 radical (unpaired) electrons. The van der Waals surface area contributed by atoms with E-state index in [1.165, 1.54) is 11.8 Å². The standard InChI is InChI=1S/C8H8ClNO2S/c9-6-1-2-7(10-5-6)13-4-3-8(11)12/h1-2,5H,3-4H2,(H,11,12). The number of carboxylic acid groups (broad SMARTS) is 1. The molecule has 0 bridgehead atoms. The van der Waals surface area contributed by atoms with Gasteiger partial charge in [0.15, 0.2) is 0 Å². The van der Waals surface area contributed by atoms with Crippen LogP contribution in [0.1, 0.15) is 6.42 Å². The predicted octanol–water partition coefficient (Wildman–Crippen LogP) is 2.30. The number of halogens is 1. The van der Waals surface area contributed by atoms with Gasteiger partial charge in [-0.05, 0) is 12.1 Å². The molecule has 3 nitrogen and oxygen atoms in total. The summed E-state index contributed by atoms with van der Waals surface area (Å²) in [5.74, 6) is -0.259. The molecule has 0 aliphatic heterocycles. The van der Waals surface area contributed by atoms with Gasteiger partial charge in [0.25, 0.3) is 0 Å². The van der Waals surface area contributed by atoms with E-state index in [0.717, 1.165) is 5.03 Å². The lowest BCUT2D eigenvalue weighted by Crippen LogP contribution is -1.95. The second-order valence-electron chi connectivity index (χ2n) is 2.31. The number of pyridine rings is 1. The zero-order valence-electron chi connectivity index (χ0n) is 6.74. The molecule has 0 aliphatic carbocycles. The van der Waals surface area contributed by atoms with E-state index in [9.17, 15) is 4.79 Å². The van der Waals surface area contributed by atoms with Gasteiger partial charge in [0, 0.05) is 11.9 Å². The summed E-state index contributed by atoms with van der Waals surface area (Å²) in [7, 11) is 0. The van der Waals surface area contributed by atoms with E-state index in [2.05, 4.69) is 4.98 Å². The van der Waals surface area contributed by atoms with Crippen LogP contribution in [0.15, 0.2) is 23.4 Å². The van der Waals surface area contributed by atoms with E-state index in [4.69, 9.17) is 16.7 Å². The lowest BCUT2D eigenvalue weighted by Gasteiger charge is -1.97. The van der Waals surface area contributed by atoms with E-state index in [-0.39, 0.29) is 6.42 Å². The maximum Gasteiger partial charge on any atom is 0.304 e. The molecule has 0 amide bonds. The minimum Gasteiger partial charge on any atom is -0.481 e. The summed E-state index contributed by atoms with van der Waals surface area (Å²) < 4.78 is 0. The van der Waals surface area contributed by atoms with Crippen LogP contribution in [0.5, 0.6) is 0 Å². The summed E-state index contributed by atoms with van der Waals surface area (Å²) in [6.07, 6.45) is 1.69. The minimum atomic E-state index is -0.790. The average Bonchev–Trinajstić information content (AvgIpc) is 2.08. The van der Waals surface area contributed by atoms with Crippen LogP contribution in [0.25, 0.3) is 0 Å². The van der Waals surface area contributed by atoms with Gasteiger partial charge < -0.3 is 5.11 Å². The van der Waals surface area contributed by atoms with Gasteiger partial charge in [-0.25, -0.2) is 4.98 Å². The summed E-state index contributed by atoms with van der Waals surface area (Å²) in [5.41, 5.74) is 0. The van der Waals surface area contributed by atoms with E-state index in [1.54, 1.807) is 18.3 Å². The van der Waals surface area contributed by atoms with Crippen LogP contribution in [0.4, 0.5) is 0 Å². The third kappa shape index (κ3) is 4.15. The number of aromatic nitrogens is 1. The molecule has 1 aromatic rings. The Kier molecular flexibility index (Phi) is 4.05. The number of carboxylic acids is 1. The van der Waals surface area contributed by atoms with E-state index >= 15 is 0 Å².